The van der Waals surface area contributed by atoms with E-state index in [2.05, 4.69) is 21.2 Å². The van der Waals surface area contributed by atoms with Crippen LogP contribution in [0.2, 0.25) is 0 Å². The van der Waals surface area contributed by atoms with Crippen LogP contribution in [0.15, 0.2) is 0 Å². The van der Waals surface area contributed by atoms with Gasteiger partial charge in [-0.05, 0) is 19.3 Å². The number of rotatable bonds is 3. The molecule has 1 rings (SSSR count). The predicted molar refractivity (Wildman–Crippen MR) is 64.7 cm³/mol. The highest BCUT2D eigenvalue weighted by Crippen LogP contribution is 2.11. The van der Waals surface area contributed by atoms with E-state index in [9.17, 15) is 4.79 Å². The van der Waals surface area contributed by atoms with Gasteiger partial charge >= 0.3 is 6.03 Å². The number of amides is 2. The molecule has 0 spiro atoms. The lowest BCUT2D eigenvalue weighted by molar-refractivity contribution is 0.220. The van der Waals surface area contributed by atoms with Gasteiger partial charge in [-0.2, -0.15) is 0 Å². The number of amidine groups is 1. The molecule has 2 amide bonds. The highest BCUT2D eigenvalue weighted by Gasteiger charge is 2.19. The molecule has 4 nitrogen and oxygen atoms in total. The van der Waals surface area contributed by atoms with Gasteiger partial charge in [0.25, 0.3) is 0 Å². The minimum Gasteiger partial charge on any atom is -0.338 e. The van der Waals surface area contributed by atoms with Gasteiger partial charge < -0.3 is 5.32 Å². The first kappa shape index (κ1) is 12.5. The molecule has 0 aromatic carbocycles. The Bertz CT molecular complexity index is 233. The normalized spacial score (nSPS) is 17.4. The molecule has 86 valence electrons. The number of likely N-dealkylation sites (tertiary alicyclic amines) is 1. The zero-order chi connectivity index (χ0) is 11.1. The molecule has 1 saturated heterocycles. The van der Waals surface area contributed by atoms with Crippen molar-refractivity contribution in [2.45, 2.75) is 32.1 Å². The van der Waals surface area contributed by atoms with E-state index < -0.39 is 0 Å². The largest absolute Gasteiger partial charge is 0.338 e. The van der Waals surface area contributed by atoms with E-state index >= 15 is 0 Å². The van der Waals surface area contributed by atoms with Crippen LogP contribution in [0.25, 0.3) is 0 Å². The fourth-order valence-corrected chi connectivity index (χ4v) is 1.87. The first-order chi connectivity index (χ1) is 7.25. The highest BCUT2D eigenvalue weighted by atomic mass is 79.9. The fourth-order valence-electron chi connectivity index (χ4n) is 1.59. The number of urea groups is 1. The lowest BCUT2D eigenvalue weighted by atomic mass is 10.2. The minimum absolute atomic E-state index is 0.108. The third-order valence-corrected chi connectivity index (χ3v) is 3.01. The number of hydrogen-bond donors (Lipinski definition) is 2. The second kappa shape index (κ2) is 6.82. The molecule has 1 heterocycles. The third kappa shape index (κ3) is 4.20. The standard InChI is InChI=1S/C10H18BrN3O/c11-6-4-7-13-10(15)14-8-3-1-2-5-9(14)12/h12H,1-8H2,(H,13,15). The number of alkyl halides is 1. The molecule has 1 fully saturated rings. The molecule has 0 bridgehead atoms. The maximum Gasteiger partial charge on any atom is 0.322 e. The van der Waals surface area contributed by atoms with Crippen LogP contribution in [0.3, 0.4) is 0 Å². The van der Waals surface area contributed by atoms with Gasteiger partial charge in [0.1, 0.15) is 5.84 Å². The van der Waals surface area contributed by atoms with E-state index in [1.54, 1.807) is 4.90 Å². The monoisotopic (exact) mass is 275 g/mol. The summed E-state index contributed by atoms with van der Waals surface area (Å²) in [6.07, 6.45) is 4.81. The van der Waals surface area contributed by atoms with Gasteiger partial charge in [0.15, 0.2) is 0 Å². The van der Waals surface area contributed by atoms with Gasteiger partial charge in [-0.25, -0.2) is 4.79 Å². The van der Waals surface area contributed by atoms with Crippen LogP contribution < -0.4 is 5.32 Å². The first-order valence-corrected chi connectivity index (χ1v) is 6.56. The van der Waals surface area contributed by atoms with Crippen LogP contribution in [-0.2, 0) is 0 Å². The average Bonchev–Trinajstić information content (AvgIpc) is 2.43. The Balaban J connectivity index is 2.38. The maximum atomic E-state index is 11.7. The van der Waals surface area contributed by atoms with E-state index in [0.29, 0.717) is 18.9 Å². The summed E-state index contributed by atoms with van der Waals surface area (Å²) in [5.41, 5.74) is 0. The van der Waals surface area contributed by atoms with E-state index in [4.69, 9.17) is 5.41 Å². The Labute approximate surface area is 99.0 Å². The minimum atomic E-state index is -0.108. The summed E-state index contributed by atoms with van der Waals surface area (Å²) < 4.78 is 0. The molecule has 0 atom stereocenters. The molecule has 0 aliphatic carbocycles. The molecule has 1 aliphatic rings. The van der Waals surface area contributed by atoms with Crippen molar-refractivity contribution in [3.05, 3.63) is 0 Å². The van der Waals surface area contributed by atoms with Gasteiger partial charge in [0.05, 0.1) is 0 Å². The number of hydrogen-bond acceptors (Lipinski definition) is 2. The van der Waals surface area contributed by atoms with E-state index in [0.717, 1.165) is 37.4 Å². The number of carbonyl (C=O) groups excluding carboxylic acids is 1. The zero-order valence-electron chi connectivity index (χ0n) is 8.89. The molecular weight excluding hydrogens is 258 g/mol. The summed E-state index contributed by atoms with van der Waals surface area (Å²) >= 11 is 3.31. The van der Waals surface area contributed by atoms with Crippen molar-refractivity contribution in [1.82, 2.24) is 10.2 Å². The van der Waals surface area contributed by atoms with Crippen LogP contribution in [0, 0.1) is 5.41 Å². The summed E-state index contributed by atoms with van der Waals surface area (Å²) in [6.45, 7) is 1.37. The van der Waals surface area contributed by atoms with Crippen molar-refractivity contribution in [3.63, 3.8) is 0 Å². The van der Waals surface area contributed by atoms with E-state index in [1.165, 1.54) is 0 Å². The van der Waals surface area contributed by atoms with Crippen molar-refractivity contribution < 1.29 is 4.79 Å². The van der Waals surface area contributed by atoms with Crippen molar-refractivity contribution in [2.75, 3.05) is 18.4 Å². The van der Waals surface area contributed by atoms with Crippen LogP contribution >= 0.6 is 15.9 Å². The van der Waals surface area contributed by atoms with Crippen molar-refractivity contribution in [2.24, 2.45) is 0 Å². The van der Waals surface area contributed by atoms with Crippen molar-refractivity contribution in [3.8, 4) is 0 Å². The van der Waals surface area contributed by atoms with Crippen LogP contribution in [-0.4, -0.2) is 35.2 Å². The van der Waals surface area contributed by atoms with Gasteiger partial charge in [0, 0.05) is 24.8 Å². The lowest BCUT2D eigenvalue weighted by Crippen LogP contribution is -2.43. The smallest absolute Gasteiger partial charge is 0.322 e. The molecule has 0 aromatic rings. The third-order valence-electron chi connectivity index (χ3n) is 2.45. The number of carbonyl (C=O) groups is 1. The van der Waals surface area contributed by atoms with Crippen molar-refractivity contribution in [1.29, 1.82) is 5.41 Å². The average molecular weight is 276 g/mol. The summed E-state index contributed by atoms with van der Waals surface area (Å²) in [5.74, 6) is 0.462. The predicted octanol–water partition coefficient (Wildman–Crippen LogP) is 2.33. The zero-order valence-corrected chi connectivity index (χ0v) is 10.5. The Morgan fingerprint density at radius 3 is 3.00 bits per heavy atom. The Morgan fingerprint density at radius 1 is 1.47 bits per heavy atom. The lowest BCUT2D eigenvalue weighted by Gasteiger charge is -2.21. The highest BCUT2D eigenvalue weighted by molar-refractivity contribution is 9.09. The Kier molecular flexibility index (Phi) is 5.68. The number of nitrogens with one attached hydrogen (secondary N) is 2. The molecule has 15 heavy (non-hydrogen) atoms. The van der Waals surface area contributed by atoms with Gasteiger partial charge in [-0.3, -0.25) is 10.3 Å². The number of nitrogens with zero attached hydrogens (tertiary/aromatic N) is 1. The summed E-state index contributed by atoms with van der Waals surface area (Å²) in [6, 6.07) is -0.108. The second-order valence-corrected chi connectivity index (χ2v) is 4.48. The van der Waals surface area contributed by atoms with Crippen LogP contribution in [0.5, 0.6) is 0 Å². The van der Waals surface area contributed by atoms with Crippen LogP contribution in [0.1, 0.15) is 32.1 Å². The fraction of sp³-hybridized carbons (Fsp3) is 0.800. The maximum absolute atomic E-state index is 11.7. The molecule has 2 N–H and O–H groups in total. The quantitative estimate of drug-likeness (QED) is 0.603. The first-order valence-electron chi connectivity index (χ1n) is 5.44. The summed E-state index contributed by atoms with van der Waals surface area (Å²) in [4.78, 5) is 13.3. The summed E-state index contributed by atoms with van der Waals surface area (Å²) in [7, 11) is 0. The van der Waals surface area contributed by atoms with E-state index in [1.807, 2.05) is 0 Å². The van der Waals surface area contributed by atoms with Crippen LogP contribution in [0.4, 0.5) is 4.79 Å². The van der Waals surface area contributed by atoms with Crippen molar-refractivity contribution >= 4 is 27.8 Å². The second-order valence-electron chi connectivity index (χ2n) is 3.68. The molecular formula is C10H18BrN3O. The van der Waals surface area contributed by atoms with Gasteiger partial charge in [-0.15, -0.1) is 0 Å². The number of halogens is 1. The molecule has 0 radical (unpaired) electrons. The molecule has 0 aromatic heterocycles. The SMILES string of the molecule is N=C1CCCCCN1C(=O)NCCCBr. The van der Waals surface area contributed by atoms with E-state index in [-0.39, 0.29) is 6.03 Å². The molecule has 0 unspecified atom stereocenters. The topological polar surface area (TPSA) is 56.2 Å². The summed E-state index contributed by atoms with van der Waals surface area (Å²) in [5, 5.41) is 11.5. The Hall–Kier alpha value is -0.580. The molecule has 1 aliphatic heterocycles. The molecule has 0 saturated carbocycles. The molecule has 5 heteroatoms. The Morgan fingerprint density at radius 2 is 2.27 bits per heavy atom. The van der Waals surface area contributed by atoms with Gasteiger partial charge in [0.2, 0.25) is 0 Å². The van der Waals surface area contributed by atoms with Gasteiger partial charge in [-0.1, -0.05) is 22.4 Å².